The molecule has 21 nitrogen and oxygen atoms in total. The molecule has 8 aromatic heterocycles. The van der Waals surface area contributed by atoms with E-state index in [1.54, 1.807) is 28.2 Å². The molecule has 0 spiro atoms. The number of aryl methyl sites for hydroxylation is 4. The molecule has 0 unspecified atom stereocenters. The van der Waals surface area contributed by atoms with E-state index in [4.69, 9.17) is 4.74 Å². The highest BCUT2D eigenvalue weighted by molar-refractivity contribution is 6.50. The van der Waals surface area contributed by atoms with Crippen LogP contribution in [0.25, 0.3) is 110 Å². The highest BCUT2D eigenvalue weighted by atomic mass is 19.5. The van der Waals surface area contributed by atoms with Crippen molar-refractivity contribution >= 4 is 102 Å². The number of hydrogen-bond donors (Lipinski definition) is 0. The predicted octanol–water partition coefficient (Wildman–Crippen LogP) is 9.56. The Bertz CT molecular complexity index is 5280. The monoisotopic (exact) mass is 1340 g/mol. The fourth-order valence-electron chi connectivity index (χ4n) is 12.2. The molecule has 0 saturated heterocycles. The molecule has 6 aromatic carbocycles. The maximum Gasteiger partial charge on any atom is 0.673 e. The quantitative estimate of drug-likeness (QED) is 0.0882. The van der Waals surface area contributed by atoms with E-state index >= 15 is 0 Å². The van der Waals surface area contributed by atoms with Gasteiger partial charge in [-0.15, -0.1) is 0 Å². The topological polar surface area (TPSA) is 205 Å². The maximum atomic E-state index is 13.6. The van der Waals surface area contributed by atoms with E-state index in [0.717, 1.165) is 54.2 Å². The molecule has 0 fully saturated rings. The van der Waals surface area contributed by atoms with Gasteiger partial charge in [0.25, 0.3) is 22.2 Å². The molecule has 0 atom stereocenters. The largest absolute Gasteiger partial charge is 0.673 e. The molecule has 0 amide bonds. The summed E-state index contributed by atoms with van der Waals surface area (Å²) in [5.41, 5.74) is 4.20. The van der Waals surface area contributed by atoms with Crippen molar-refractivity contribution in [2.75, 3.05) is 13.2 Å². The minimum atomic E-state index is -6.00. The summed E-state index contributed by atoms with van der Waals surface area (Å²) in [6.07, 6.45) is 0. The molecule has 0 aliphatic rings. The fourth-order valence-corrected chi connectivity index (χ4v) is 12.2. The second-order valence-corrected chi connectivity index (χ2v) is 22.2. The minimum absolute atomic E-state index is 0.391. The first-order valence-corrected chi connectivity index (χ1v) is 29.8. The third kappa shape index (κ3) is 12.3. The number of rotatable bonds is 6. The average molecular weight is 1340 g/mol. The molecule has 0 saturated carbocycles. The lowest BCUT2D eigenvalue weighted by molar-refractivity contribution is 0.162. The first kappa shape index (κ1) is 68.4. The Morgan fingerprint density at radius 1 is 0.299 bits per heavy atom. The van der Waals surface area contributed by atoms with Gasteiger partial charge in [-0.05, 0) is 62.4 Å². The summed E-state index contributed by atoms with van der Waals surface area (Å²) < 4.78 is 101. The van der Waals surface area contributed by atoms with Gasteiger partial charge in [0.2, 0.25) is 0 Å². The van der Waals surface area contributed by atoms with Gasteiger partial charge in [0, 0.05) is 117 Å². The van der Waals surface area contributed by atoms with E-state index in [-0.39, 0.29) is 0 Å². The summed E-state index contributed by atoms with van der Waals surface area (Å²) >= 11 is 0. The van der Waals surface area contributed by atoms with Gasteiger partial charge in [0.15, 0.2) is 44.7 Å². The molecule has 0 N–H and O–H groups in total. The summed E-state index contributed by atoms with van der Waals surface area (Å²) in [4.78, 5) is 107. The number of benzene rings is 4. The number of hydrogen-bond acceptors (Lipinski definition) is 9. The van der Waals surface area contributed by atoms with Gasteiger partial charge in [-0.25, -0.2) is 19.2 Å². The third-order valence-electron chi connectivity index (χ3n) is 16.4. The SMILES string of the molecule is CCOCC.Cn1c(=O)c2c3ccc4c5c(=O)n(C)c(=O)n(C)c5n(-c5ccccc5)c4[cH+]c3n(-c3ccccc3)c2n(C)c1=O.Cn1c(=O)c2c3ccc4c5c(=O)n(C)c(=O)n(C)c5n(-c5ccccc5)c4[cH+]c3n(-c3ccccc3)c2n(C)c1=O.F[B-](F)(F)F.F[B-](F)(F)F. The number of halogens is 8. The molecule has 8 heterocycles. The number of fused-ring (bicyclic) bond motifs is 12. The molecule has 97 heavy (non-hydrogen) atoms. The molecule has 0 aliphatic carbocycles. The molecule has 31 heteroatoms. The molecule has 14 rings (SSSR count). The van der Waals surface area contributed by atoms with Crippen LogP contribution < -0.4 is 45.0 Å². The number of ether oxygens (including phenoxy) is 1. The van der Waals surface area contributed by atoms with E-state index in [1.807, 2.05) is 190 Å². The van der Waals surface area contributed by atoms with Crippen LogP contribution in [0, 0.1) is 0 Å². The van der Waals surface area contributed by atoms with Gasteiger partial charge >= 0.3 is 37.3 Å². The zero-order valence-electron chi connectivity index (χ0n) is 53.6. The molecule has 14 aromatic rings. The van der Waals surface area contributed by atoms with Crippen molar-refractivity contribution in [1.29, 1.82) is 0 Å². The van der Waals surface area contributed by atoms with Crippen LogP contribution in [0.15, 0.2) is 196 Å². The third-order valence-corrected chi connectivity index (χ3v) is 16.4. The normalized spacial score (nSPS) is 11.6. The molecular formula is C66H60B2F8N12O9. The number of nitrogens with zero attached hydrogens (tertiary/aromatic N) is 12. The Balaban J connectivity index is 0.000000174. The highest BCUT2D eigenvalue weighted by Gasteiger charge is 2.32. The second kappa shape index (κ2) is 26.4. The van der Waals surface area contributed by atoms with Gasteiger partial charge in [0.1, 0.15) is 43.1 Å². The van der Waals surface area contributed by atoms with Gasteiger partial charge in [0.05, 0.1) is 12.1 Å². The average Bonchev–Trinajstić information content (AvgIpc) is 1.56. The second-order valence-electron chi connectivity index (χ2n) is 22.2. The summed E-state index contributed by atoms with van der Waals surface area (Å²) in [7, 11) is 0.479. The Hall–Kier alpha value is -11.5. The Labute approximate surface area is 541 Å². The van der Waals surface area contributed by atoms with Crippen molar-refractivity contribution in [1.82, 2.24) is 54.8 Å². The van der Waals surface area contributed by atoms with Gasteiger partial charge in [-0.1, -0.05) is 72.8 Å². The van der Waals surface area contributed by atoms with Crippen LogP contribution in [0.2, 0.25) is 0 Å². The lowest BCUT2D eigenvalue weighted by Crippen LogP contribution is -2.37. The molecular weight excluding hydrogens is 1280 g/mol. The van der Waals surface area contributed by atoms with Crippen LogP contribution in [0.4, 0.5) is 34.5 Å². The molecule has 0 bridgehead atoms. The smallest absolute Gasteiger partial charge is 0.418 e. The summed E-state index contributed by atoms with van der Waals surface area (Å²) in [6.45, 7) is 5.67. The molecule has 500 valence electrons. The standard InChI is InChI=1S/2C31H25N6O4.C4H10O.2BF4/c2*1-32-26-24(28(38)34(3)30(32)40)20-15-16-21-23(17-22(20)36(26)18-11-7-5-8-12-18)37(19-13-9-6-10-14-19)27-25(21)29(39)35(4)31(41)33(27)2;1-3-5-4-2;2*2-1(3,4)5/h2*5-17H,1-4H3;3-4H2,1-2H3;;/q2*+1;;2*-1. The van der Waals surface area contributed by atoms with Crippen LogP contribution in [-0.4, -0.2) is 82.5 Å². The van der Waals surface area contributed by atoms with Crippen LogP contribution in [0.3, 0.4) is 0 Å². The van der Waals surface area contributed by atoms with Crippen molar-refractivity contribution in [3.05, 3.63) is 241 Å². The summed E-state index contributed by atoms with van der Waals surface area (Å²) in [6, 6.07) is 49.2. The number of para-hydroxylation sites is 4. The Morgan fingerprint density at radius 2 is 0.474 bits per heavy atom. The first-order chi connectivity index (χ1) is 45.9. The van der Waals surface area contributed by atoms with Crippen molar-refractivity contribution < 1.29 is 39.3 Å². The summed E-state index contributed by atoms with van der Waals surface area (Å²) in [5, 5.41) is 4.08. The minimum Gasteiger partial charge on any atom is -0.418 e. The van der Waals surface area contributed by atoms with Gasteiger partial charge < -0.3 is 39.3 Å². The molecule has 0 aliphatic heterocycles. The van der Waals surface area contributed by atoms with E-state index in [2.05, 4.69) is 0 Å². The maximum absolute atomic E-state index is 13.6. The van der Waals surface area contributed by atoms with Crippen LogP contribution in [0.5, 0.6) is 0 Å². The predicted molar refractivity (Wildman–Crippen MR) is 364 cm³/mol. The lowest BCUT2D eigenvalue weighted by Gasteiger charge is -2.10. The lowest BCUT2D eigenvalue weighted by atomic mass is 10.2. The Kier molecular flexibility index (Phi) is 18.6. The first-order valence-electron chi connectivity index (χ1n) is 29.8. The van der Waals surface area contributed by atoms with E-state index in [0.29, 0.717) is 87.7 Å². The van der Waals surface area contributed by atoms with Crippen LogP contribution >= 0.6 is 0 Å². The van der Waals surface area contributed by atoms with E-state index in [9.17, 15) is 72.9 Å². The van der Waals surface area contributed by atoms with Crippen molar-refractivity contribution in [2.45, 2.75) is 13.8 Å². The highest BCUT2D eigenvalue weighted by Crippen LogP contribution is 2.37. The van der Waals surface area contributed by atoms with Crippen molar-refractivity contribution in [3.63, 3.8) is 0 Å². The van der Waals surface area contributed by atoms with Crippen molar-refractivity contribution in [2.24, 2.45) is 56.4 Å². The number of aromatic nitrogens is 12. The zero-order valence-corrected chi connectivity index (χ0v) is 53.6. The van der Waals surface area contributed by atoms with Crippen LogP contribution in [-0.2, 0) is 61.1 Å². The van der Waals surface area contributed by atoms with Gasteiger partial charge in [-0.3, -0.25) is 74.0 Å². The van der Waals surface area contributed by atoms with E-state index < -0.39 is 59.5 Å². The summed E-state index contributed by atoms with van der Waals surface area (Å²) in [5.74, 6) is 0. The van der Waals surface area contributed by atoms with Crippen LogP contribution in [0.1, 0.15) is 13.8 Å². The Morgan fingerprint density at radius 3 is 0.629 bits per heavy atom. The fraction of sp³-hybridized carbons (Fsp3) is 0.182. The zero-order chi connectivity index (χ0) is 70.6. The van der Waals surface area contributed by atoms with Crippen molar-refractivity contribution in [3.8, 4) is 22.7 Å². The van der Waals surface area contributed by atoms with Gasteiger partial charge in [-0.2, -0.15) is 0 Å². The molecule has 0 radical (unpaired) electrons. The van der Waals surface area contributed by atoms with E-state index in [1.165, 1.54) is 46.5 Å².